The zero-order valence-corrected chi connectivity index (χ0v) is 11.1. The van der Waals surface area contributed by atoms with Crippen molar-refractivity contribution in [1.29, 1.82) is 0 Å². The molecule has 1 aromatic heterocycles. The lowest BCUT2D eigenvalue weighted by Crippen LogP contribution is -2.24. The van der Waals surface area contributed by atoms with E-state index in [1.165, 1.54) is 10.9 Å². The minimum Gasteiger partial charge on any atom is -0.459 e. The van der Waals surface area contributed by atoms with Gasteiger partial charge in [-0.25, -0.2) is 0 Å². The maximum Gasteiger partial charge on any atom is 0.134 e. The van der Waals surface area contributed by atoms with Crippen molar-refractivity contribution in [3.8, 4) is 0 Å². The summed E-state index contributed by atoms with van der Waals surface area (Å²) in [5.74, 6) is 1.07. The van der Waals surface area contributed by atoms with E-state index < -0.39 is 0 Å². The molecule has 3 heteroatoms. The highest BCUT2D eigenvalue weighted by molar-refractivity contribution is 5.78. The van der Waals surface area contributed by atoms with Gasteiger partial charge in [0.1, 0.15) is 11.3 Å². The van der Waals surface area contributed by atoms with Gasteiger partial charge in [-0.1, -0.05) is 11.6 Å². The molecule has 0 amide bonds. The summed E-state index contributed by atoms with van der Waals surface area (Å²) in [7, 11) is 2.17. The minimum absolute atomic E-state index is 0.350. The fraction of sp³-hybridized carbons (Fsp3) is 0.467. The van der Waals surface area contributed by atoms with Crippen LogP contribution in [0.3, 0.4) is 0 Å². The molecule has 1 aromatic carbocycles. The molecule has 3 nitrogen and oxygen atoms in total. The Morgan fingerprint density at radius 1 is 1.28 bits per heavy atom. The summed E-state index contributed by atoms with van der Waals surface area (Å²) >= 11 is 0. The van der Waals surface area contributed by atoms with Crippen LogP contribution in [-0.4, -0.2) is 31.6 Å². The zero-order valence-electron chi connectivity index (χ0n) is 11.1. The summed E-state index contributed by atoms with van der Waals surface area (Å²) < 4.78 is 5.97. The Hall–Kier alpha value is -1.32. The van der Waals surface area contributed by atoms with Crippen molar-refractivity contribution in [3.05, 3.63) is 35.6 Å². The van der Waals surface area contributed by atoms with Crippen LogP contribution in [0.5, 0.6) is 0 Å². The molecule has 3 rings (SSSR count). The van der Waals surface area contributed by atoms with Gasteiger partial charge < -0.3 is 14.6 Å². The molecule has 1 aliphatic rings. The average molecular weight is 244 g/mol. The van der Waals surface area contributed by atoms with Gasteiger partial charge in [-0.2, -0.15) is 0 Å². The van der Waals surface area contributed by atoms with E-state index in [-0.39, 0.29) is 0 Å². The third kappa shape index (κ3) is 2.28. The highest BCUT2D eigenvalue weighted by Gasteiger charge is 2.19. The predicted octanol–water partition coefficient (Wildman–Crippen LogP) is 2.71. The molecule has 2 heterocycles. The number of nitrogens with one attached hydrogen (secondary N) is 1. The topological polar surface area (TPSA) is 28.4 Å². The second-order valence-electron chi connectivity index (χ2n) is 5.29. The van der Waals surface area contributed by atoms with Crippen LogP contribution in [0.25, 0.3) is 11.0 Å². The normalized spacial score (nSPS) is 22.2. The number of hydrogen-bond acceptors (Lipinski definition) is 3. The molecule has 0 spiro atoms. The number of hydrogen-bond donors (Lipinski definition) is 1. The van der Waals surface area contributed by atoms with E-state index in [9.17, 15) is 0 Å². The molecule has 1 aliphatic heterocycles. The maximum absolute atomic E-state index is 5.97. The largest absolute Gasteiger partial charge is 0.459 e. The Morgan fingerprint density at radius 2 is 2.17 bits per heavy atom. The van der Waals surface area contributed by atoms with Crippen LogP contribution < -0.4 is 5.32 Å². The van der Waals surface area contributed by atoms with Crippen molar-refractivity contribution in [2.45, 2.75) is 19.4 Å². The fourth-order valence-corrected chi connectivity index (χ4v) is 2.59. The first-order chi connectivity index (χ1) is 8.72. The van der Waals surface area contributed by atoms with Gasteiger partial charge in [0.2, 0.25) is 0 Å². The first-order valence-corrected chi connectivity index (χ1v) is 6.64. The Kier molecular flexibility index (Phi) is 3.10. The molecule has 1 unspecified atom stereocenters. The molecule has 1 fully saturated rings. The van der Waals surface area contributed by atoms with Crippen molar-refractivity contribution in [2.24, 2.45) is 0 Å². The van der Waals surface area contributed by atoms with E-state index in [2.05, 4.69) is 48.5 Å². The predicted molar refractivity (Wildman–Crippen MR) is 73.8 cm³/mol. The van der Waals surface area contributed by atoms with E-state index in [0.717, 1.165) is 37.4 Å². The van der Waals surface area contributed by atoms with Crippen molar-refractivity contribution in [3.63, 3.8) is 0 Å². The Balaban J connectivity index is 1.89. The van der Waals surface area contributed by atoms with Crippen LogP contribution in [-0.2, 0) is 0 Å². The Morgan fingerprint density at radius 3 is 3.06 bits per heavy atom. The van der Waals surface area contributed by atoms with Gasteiger partial charge in [-0.05, 0) is 45.1 Å². The first kappa shape index (κ1) is 11.8. The third-order valence-corrected chi connectivity index (χ3v) is 3.72. The lowest BCUT2D eigenvalue weighted by atomic mass is 10.1. The molecule has 2 aromatic rings. The van der Waals surface area contributed by atoms with E-state index in [4.69, 9.17) is 4.42 Å². The first-order valence-electron chi connectivity index (χ1n) is 6.64. The van der Waals surface area contributed by atoms with Crippen LogP contribution in [0, 0.1) is 6.92 Å². The van der Waals surface area contributed by atoms with Crippen molar-refractivity contribution in [2.75, 3.05) is 26.7 Å². The number of aryl methyl sites for hydroxylation is 1. The number of fused-ring (bicyclic) bond motifs is 1. The molecule has 1 saturated heterocycles. The second kappa shape index (κ2) is 4.75. The summed E-state index contributed by atoms with van der Waals surface area (Å²) in [6.07, 6.45) is 1.11. The Labute approximate surface area is 108 Å². The molecule has 1 N–H and O–H groups in total. The summed E-state index contributed by atoms with van der Waals surface area (Å²) in [5.41, 5.74) is 2.28. The lowest BCUT2D eigenvalue weighted by molar-refractivity contribution is 0.351. The minimum atomic E-state index is 0.350. The molecular formula is C15H20N2O. The van der Waals surface area contributed by atoms with Crippen LogP contribution in [0.1, 0.15) is 23.8 Å². The number of benzene rings is 1. The summed E-state index contributed by atoms with van der Waals surface area (Å²) in [5, 5.41) is 4.78. The molecule has 1 atom stereocenters. The van der Waals surface area contributed by atoms with Crippen molar-refractivity contribution in [1.82, 2.24) is 10.2 Å². The van der Waals surface area contributed by atoms with Crippen LogP contribution in [0.4, 0.5) is 0 Å². The van der Waals surface area contributed by atoms with Crippen molar-refractivity contribution >= 4 is 11.0 Å². The molecule has 18 heavy (non-hydrogen) atoms. The van der Waals surface area contributed by atoms with Crippen LogP contribution >= 0.6 is 0 Å². The number of likely N-dealkylation sites (N-methyl/N-ethyl adjacent to an activating group) is 1. The molecule has 0 radical (unpaired) electrons. The van der Waals surface area contributed by atoms with Crippen LogP contribution in [0.15, 0.2) is 28.7 Å². The number of rotatable bonds is 1. The van der Waals surface area contributed by atoms with E-state index in [1.54, 1.807) is 0 Å². The van der Waals surface area contributed by atoms with Gasteiger partial charge in [-0.3, -0.25) is 0 Å². The van der Waals surface area contributed by atoms with Gasteiger partial charge >= 0.3 is 0 Å². The van der Waals surface area contributed by atoms with E-state index >= 15 is 0 Å². The number of furan rings is 1. The van der Waals surface area contributed by atoms with Gasteiger partial charge in [-0.15, -0.1) is 0 Å². The molecular weight excluding hydrogens is 224 g/mol. The monoisotopic (exact) mass is 244 g/mol. The summed E-state index contributed by atoms with van der Waals surface area (Å²) in [6.45, 7) is 5.37. The maximum atomic E-state index is 5.97. The van der Waals surface area contributed by atoms with Gasteiger partial charge in [0.25, 0.3) is 0 Å². The smallest absolute Gasteiger partial charge is 0.134 e. The lowest BCUT2D eigenvalue weighted by Gasteiger charge is -2.12. The summed E-state index contributed by atoms with van der Waals surface area (Å²) in [4.78, 5) is 2.36. The third-order valence-electron chi connectivity index (χ3n) is 3.72. The summed E-state index contributed by atoms with van der Waals surface area (Å²) in [6, 6.07) is 8.89. The fourth-order valence-electron chi connectivity index (χ4n) is 2.59. The highest BCUT2D eigenvalue weighted by Crippen LogP contribution is 2.27. The zero-order chi connectivity index (χ0) is 12.5. The molecule has 0 bridgehead atoms. The standard InChI is InChI=1S/C15H20N2O/c1-11-3-4-14-12(9-11)10-15(18-14)13-5-7-17(2)8-6-16-13/h3-4,9-10,13,16H,5-8H2,1-2H3. The van der Waals surface area contributed by atoms with Gasteiger partial charge in [0, 0.05) is 18.5 Å². The van der Waals surface area contributed by atoms with E-state index in [0.29, 0.717) is 6.04 Å². The molecule has 0 saturated carbocycles. The number of nitrogens with zero attached hydrogens (tertiary/aromatic N) is 1. The van der Waals surface area contributed by atoms with Crippen molar-refractivity contribution < 1.29 is 4.42 Å². The quantitative estimate of drug-likeness (QED) is 0.836. The van der Waals surface area contributed by atoms with Gasteiger partial charge in [0.15, 0.2) is 0 Å². The SMILES string of the molecule is Cc1ccc2oc(C3CCN(C)CCN3)cc2c1. The second-order valence-corrected chi connectivity index (χ2v) is 5.29. The van der Waals surface area contributed by atoms with Crippen LogP contribution in [0.2, 0.25) is 0 Å². The average Bonchev–Trinajstić information content (AvgIpc) is 2.63. The van der Waals surface area contributed by atoms with E-state index in [1.807, 2.05) is 0 Å². The Bertz CT molecular complexity index is 546. The molecule has 96 valence electrons. The van der Waals surface area contributed by atoms with Gasteiger partial charge in [0.05, 0.1) is 6.04 Å². The highest BCUT2D eigenvalue weighted by atomic mass is 16.3. The molecule has 0 aliphatic carbocycles.